The minimum atomic E-state index is -0.876. The molecule has 1 amide bonds. The molecule has 116 valence electrons. The minimum absolute atomic E-state index is 0.302. The van der Waals surface area contributed by atoms with Crippen LogP contribution in [0.4, 0.5) is 5.69 Å². The highest BCUT2D eigenvalue weighted by molar-refractivity contribution is 5.98. The first kappa shape index (κ1) is 17.0. The van der Waals surface area contributed by atoms with E-state index in [0.29, 0.717) is 36.4 Å². The second-order valence-electron chi connectivity index (χ2n) is 4.72. The van der Waals surface area contributed by atoms with Gasteiger partial charge in [0.1, 0.15) is 0 Å². The van der Waals surface area contributed by atoms with Crippen molar-refractivity contribution in [3.63, 3.8) is 0 Å². The fourth-order valence-corrected chi connectivity index (χ4v) is 1.81. The number of amides is 1. The highest BCUT2D eigenvalue weighted by Crippen LogP contribution is 2.18. The Morgan fingerprint density at radius 2 is 2.10 bits per heavy atom. The van der Waals surface area contributed by atoms with Gasteiger partial charge < -0.3 is 20.5 Å². The van der Waals surface area contributed by atoms with Gasteiger partial charge in [-0.05, 0) is 31.9 Å². The number of hydrogen-bond donors (Lipinski definition) is 2. The Labute approximate surface area is 124 Å². The lowest BCUT2D eigenvalue weighted by molar-refractivity contribution is -0.129. The second kappa shape index (κ2) is 8.26. The van der Waals surface area contributed by atoms with E-state index in [1.165, 1.54) is 6.92 Å². The summed E-state index contributed by atoms with van der Waals surface area (Å²) in [6.45, 7) is 4.33. The molecule has 0 aliphatic rings. The van der Waals surface area contributed by atoms with Crippen molar-refractivity contribution in [1.29, 1.82) is 0 Å². The molecule has 0 aliphatic heterocycles. The zero-order valence-electron chi connectivity index (χ0n) is 12.6. The SMILES string of the molecule is COCCCNC(=O)C(C)OC(=O)c1c(C)cccc1N. The van der Waals surface area contributed by atoms with Crippen LogP contribution in [0.3, 0.4) is 0 Å². The molecule has 3 N–H and O–H groups in total. The topological polar surface area (TPSA) is 90.6 Å². The lowest BCUT2D eigenvalue weighted by Gasteiger charge is -2.15. The summed E-state index contributed by atoms with van der Waals surface area (Å²) < 4.78 is 10.0. The maximum atomic E-state index is 12.1. The van der Waals surface area contributed by atoms with Crippen LogP contribution >= 0.6 is 0 Å². The predicted octanol–water partition coefficient (Wildman–Crippen LogP) is 1.28. The molecule has 21 heavy (non-hydrogen) atoms. The lowest BCUT2D eigenvalue weighted by Crippen LogP contribution is -2.36. The molecule has 0 saturated heterocycles. The fourth-order valence-electron chi connectivity index (χ4n) is 1.81. The molecule has 0 heterocycles. The van der Waals surface area contributed by atoms with Crippen molar-refractivity contribution >= 4 is 17.6 Å². The molecular weight excluding hydrogens is 272 g/mol. The van der Waals surface area contributed by atoms with Gasteiger partial charge in [-0.25, -0.2) is 4.79 Å². The molecule has 1 unspecified atom stereocenters. The molecule has 0 aliphatic carbocycles. The average molecular weight is 294 g/mol. The standard InChI is InChI=1S/C15H22N2O4/c1-10-6-4-7-12(16)13(10)15(19)21-11(2)14(18)17-8-5-9-20-3/h4,6-7,11H,5,8-9,16H2,1-3H3,(H,17,18). The highest BCUT2D eigenvalue weighted by Gasteiger charge is 2.21. The monoisotopic (exact) mass is 294 g/mol. The molecule has 1 aromatic carbocycles. The van der Waals surface area contributed by atoms with E-state index in [-0.39, 0.29) is 5.91 Å². The molecule has 0 radical (unpaired) electrons. The molecule has 0 spiro atoms. The molecule has 0 bridgehead atoms. The molecule has 0 fully saturated rings. The number of hydrogen-bond acceptors (Lipinski definition) is 5. The van der Waals surface area contributed by atoms with Crippen molar-refractivity contribution < 1.29 is 19.1 Å². The smallest absolute Gasteiger partial charge is 0.341 e. The summed E-state index contributed by atoms with van der Waals surface area (Å²) in [4.78, 5) is 23.9. The van der Waals surface area contributed by atoms with E-state index < -0.39 is 12.1 Å². The molecular formula is C15H22N2O4. The Morgan fingerprint density at radius 1 is 1.38 bits per heavy atom. The summed E-state index contributed by atoms with van der Waals surface area (Å²) in [6.07, 6.45) is -0.174. The van der Waals surface area contributed by atoms with E-state index in [9.17, 15) is 9.59 Å². The number of benzene rings is 1. The third-order valence-electron chi connectivity index (χ3n) is 2.99. The van der Waals surface area contributed by atoms with Gasteiger partial charge in [-0.15, -0.1) is 0 Å². The maximum absolute atomic E-state index is 12.1. The van der Waals surface area contributed by atoms with Crippen LogP contribution in [-0.4, -0.2) is 38.2 Å². The van der Waals surface area contributed by atoms with Gasteiger partial charge in [0.05, 0.1) is 5.56 Å². The van der Waals surface area contributed by atoms with Gasteiger partial charge >= 0.3 is 5.97 Å². The molecule has 6 heteroatoms. The zero-order valence-corrected chi connectivity index (χ0v) is 12.6. The number of nitrogens with one attached hydrogen (secondary N) is 1. The number of carbonyl (C=O) groups is 2. The summed E-state index contributed by atoms with van der Waals surface area (Å²) in [7, 11) is 1.60. The maximum Gasteiger partial charge on any atom is 0.341 e. The van der Waals surface area contributed by atoms with Crippen LogP contribution in [-0.2, 0) is 14.3 Å². The van der Waals surface area contributed by atoms with Gasteiger partial charge in [-0.3, -0.25) is 4.79 Å². The van der Waals surface area contributed by atoms with Gasteiger partial charge in [0.15, 0.2) is 6.10 Å². The summed E-state index contributed by atoms with van der Waals surface area (Å²) in [6, 6.07) is 5.15. The first-order valence-electron chi connectivity index (χ1n) is 6.80. The average Bonchev–Trinajstić information content (AvgIpc) is 2.43. The van der Waals surface area contributed by atoms with Gasteiger partial charge in [0.2, 0.25) is 0 Å². The van der Waals surface area contributed by atoms with Crippen LogP contribution in [0.5, 0.6) is 0 Å². The Hall–Kier alpha value is -2.08. The van der Waals surface area contributed by atoms with Crippen molar-refractivity contribution in [2.75, 3.05) is 26.0 Å². The van der Waals surface area contributed by atoms with E-state index in [4.69, 9.17) is 15.2 Å². The van der Waals surface area contributed by atoms with Crippen molar-refractivity contribution in [3.05, 3.63) is 29.3 Å². The van der Waals surface area contributed by atoms with Crippen LogP contribution in [0.2, 0.25) is 0 Å². The number of anilines is 1. The number of nitrogen functional groups attached to an aromatic ring is 1. The van der Waals surface area contributed by atoms with Crippen LogP contribution in [0.25, 0.3) is 0 Å². The van der Waals surface area contributed by atoms with Crippen molar-refractivity contribution in [1.82, 2.24) is 5.32 Å². The van der Waals surface area contributed by atoms with Crippen LogP contribution in [0, 0.1) is 6.92 Å². The zero-order chi connectivity index (χ0) is 15.8. The van der Waals surface area contributed by atoms with Crippen LogP contribution in [0.1, 0.15) is 29.3 Å². The van der Waals surface area contributed by atoms with E-state index in [2.05, 4.69) is 5.32 Å². The number of esters is 1. The third kappa shape index (κ3) is 5.07. The molecule has 0 aromatic heterocycles. The predicted molar refractivity (Wildman–Crippen MR) is 80.0 cm³/mol. The first-order valence-corrected chi connectivity index (χ1v) is 6.80. The Bertz CT molecular complexity index is 482. The van der Waals surface area contributed by atoms with E-state index >= 15 is 0 Å². The summed E-state index contributed by atoms with van der Waals surface area (Å²) in [5, 5.41) is 2.68. The van der Waals surface area contributed by atoms with E-state index in [0.717, 1.165) is 0 Å². The first-order chi connectivity index (χ1) is 9.97. The quantitative estimate of drug-likeness (QED) is 0.449. The normalized spacial score (nSPS) is 11.8. The highest BCUT2D eigenvalue weighted by atomic mass is 16.5. The summed E-state index contributed by atoms with van der Waals surface area (Å²) >= 11 is 0. The van der Waals surface area contributed by atoms with Gasteiger partial charge in [-0.1, -0.05) is 12.1 Å². The number of aryl methyl sites for hydroxylation is 1. The minimum Gasteiger partial charge on any atom is -0.449 e. The van der Waals surface area contributed by atoms with Crippen LogP contribution in [0.15, 0.2) is 18.2 Å². The van der Waals surface area contributed by atoms with Crippen LogP contribution < -0.4 is 11.1 Å². The van der Waals surface area contributed by atoms with Crippen molar-refractivity contribution in [2.24, 2.45) is 0 Å². The number of ether oxygens (including phenoxy) is 2. The largest absolute Gasteiger partial charge is 0.449 e. The molecule has 1 aromatic rings. The molecule has 0 saturated carbocycles. The Balaban J connectivity index is 2.56. The van der Waals surface area contributed by atoms with E-state index in [1.807, 2.05) is 0 Å². The molecule has 6 nitrogen and oxygen atoms in total. The Kier molecular flexibility index (Phi) is 6.68. The lowest BCUT2D eigenvalue weighted by atomic mass is 10.1. The number of nitrogens with two attached hydrogens (primary N) is 1. The van der Waals surface area contributed by atoms with Crippen molar-refractivity contribution in [2.45, 2.75) is 26.4 Å². The van der Waals surface area contributed by atoms with Crippen molar-refractivity contribution in [3.8, 4) is 0 Å². The fraction of sp³-hybridized carbons (Fsp3) is 0.467. The Morgan fingerprint density at radius 3 is 2.71 bits per heavy atom. The summed E-state index contributed by atoms with van der Waals surface area (Å²) in [5.74, 6) is -0.934. The van der Waals surface area contributed by atoms with Gasteiger partial charge in [0, 0.05) is 25.9 Å². The molecule has 1 rings (SSSR count). The van der Waals surface area contributed by atoms with Gasteiger partial charge in [0.25, 0.3) is 5.91 Å². The van der Waals surface area contributed by atoms with Gasteiger partial charge in [-0.2, -0.15) is 0 Å². The summed E-state index contributed by atoms with van der Waals surface area (Å²) in [5.41, 5.74) is 7.13. The van der Waals surface area contributed by atoms with E-state index in [1.54, 1.807) is 32.2 Å². The number of rotatable bonds is 7. The molecule has 1 atom stereocenters. The second-order valence-corrected chi connectivity index (χ2v) is 4.72. The number of carbonyl (C=O) groups excluding carboxylic acids is 2. The number of methoxy groups -OCH3 is 1. The third-order valence-corrected chi connectivity index (χ3v) is 2.99.